The number of thioether (sulfide) groups is 1. The minimum atomic E-state index is 0.215. The van der Waals surface area contributed by atoms with E-state index in [4.69, 9.17) is 11.6 Å². The van der Waals surface area contributed by atoms with E-state index in [-0.39, 0.29) is 10.8 Å². The van der Waals surface area contributed by atoms with E-state index in [0.717, 1.165) is 6.42 Å². The smallest absolute Gasteiger partial charge is 0.0384 e. The van der Waals surface area contributed by atoms with Gasteiger partial charge in [-0.2, -0.15) is 0 Å². The van der Waals surface area contributed by atoms with Crippen LogP contribution in [-0.2, 0) is 0 Å². The van der Waals surface area contributed by atoms with Crippen LogP contribution < -0.4 is 0 Å². The van der Waals surface area contributed by atoms with Crippen molar-refractivity contribution in [3.05, 3.63) is 29.8 Å². The molecule has 2 heteroatoms. The lowest BCUT2D eigenvalue weighted by Crippen LogP contribution is -2.21. The molecule has 2 atom stereocenters. The first kappa shape index (κ1) is 13.3. The first-order valence-electron chi connectivity index (χ1n) is 6.34. The second kappa shape index (κ2) is 5.24. The van der Waals surface area contributed by atoms with Crippen LogP contribution in [0.5, 0.6) is 0 Å². The lowest BCUT2D eigenvalue weighted by molar-refractivity contribution is 0.363. The molecule has 1 heterocycles. The molecule has 17 heavy (non-hydrogen) atoms. The fraction of sp³-hybridized carbons (Fsp3) is 0.600. The van der Waals surface area contributed by atoms with Gasteiger partial charge >= 0.3 is 0 Å². The highest BCUT2D eigenvalue weighted by Crippen LogP contribution is 2.42. The summed E-state index contributed by atoms with van der Waals surface area (Å²) in [7, 11) is 0. The zero-order valence-corrected chi connectivity index (χ0v) is 12.4. The Hall–Kier alpha value is -0.140. The Morgan fingerprint density at radius 3 is 2.76 bits per heavy atom. The topological polar surface area (TPSA) is 0 Å². The summed E-state index contributed by atoms with van der Waals surface area (Å²) in [6.07, 6.45) is 2.33. The summed E-state index contributed by atoms with van der Waals surface area (Å²) in [5.41, 5.74) is 1.75. The van der Waals surface area contributed by atoms with Gasteiger partial charge in [-0.25, -0.2) is 0 Å². The molecule has 2 unspecified atom stereocenters. The van der Waals surface area contributed by atoms with Crippen molar-refractivity contribution in [1.82, 2.24) is 0 Å². The number of alkyl halides is 1. The van der Waals surface area contributed by atoms with E-state index < -0.39 is 0 Å². The summed E-state index contributed by atoms with van der Waals surface area (Å²) in [6, 6.07) is 8.80. The normalized spacial score (nSPS) is 21.3. The highest BCUT2D eigenvalue weighted by molar-refractivity contribution is 7.99. The third kappa shape index (κ3) is 3.20. The van der Waals surface area contributed by atoms with E-state index in [0.29, 0.717) is 5.92 Å². The molecule has 0 fully saturated rings. The molecule has 0 amide bonds. The number of hydrogen-bond acceptors (Lipinski definition) is 1. The van der Waals surface area contributed by atoms with Gasteiger partial charge in [-0.05, 0) is 35.8 Å². The summed E-state index contributed by atoms with van der Waals surface area (Å²) in [4.78, 5) is 1.47. The van der Waals surface area contributed by atoms with Crippen molar-refractivity contribution in [2.45, 2.75) is 49.8 Å². The fourth-order valence-corrected chi connectivity index (χ4v) is 3.68. The van der Waals surface area contributed by atoms with Crippen molar-refractivity contribution >= 4 is 23.4 Å². The molecule has 2 rings (SSSR count). The summed E-state index contributed by atoms with van der Waals surface area (Å²) < 4.78 is 0. The lowest BCUT2D eigenvalue weighted by Gasteiger charge is -2.26. The molecule has 0 aromatic heterocycles. The molecule has 1 aliphatic heterocycles. The molecular formula is C15H21ClS. The monoisotopic (exact) mass is 268 g/mol. The molecule has 0 spiro atoms. The largest absolute Gasteiger partial charge is 0.125 e. The standard InChI is InChI=1S/C15H21ClS/c1-15(2,3)14(16)9-8-11-10-17-13-7-5-4-6-12(11)13/h4-7,11,14H,8-10H2,1-3H3. The van der Waals surface area contributed by atoms with Crippen LogP contribution in [-0.4, -0.2) is 11.1 Å². The van der Waals surface area contributed by atoms with E-state index >= 15 is 0 Å². The molecule has 1 aromatic carbocycles. The van der Waals surface area contributed by atoms with Gasteiger partial charge in [0.25, 0.3) is 0 Å². The van der Waals surface area contributed by atoms with Crippen LogP contribution in [0.25, 0.3) is 0 Å². The first-order valence-corrected chi connectivity index (χ1v) is 7.76. The molecule has 0 saturated heterocycles. The number of halogens is 1. The van der Waals surface area contributed by atoms with Gasteiger partial charge in [0.1, 0.15) is 0 Å². The quantitative estimate of drug-likeness (QED) is 0.670. The number of rotatable bonds is 3. The molecule has 94 valence electrons. The summed E-state index contributed by atoms with van der Waals surface area (Å²) in [5.74, 6) is 1.94. The number of benzene rings is 1. The van der Waals surface area contributed by atoms with Gasteiger partial charge in [0.05, 0.1) is 0 Å². The van der Waals surface area contributed by atoms with Crippen molar-refractivity contribution in [2.24, 2.45) is 5.41 Å². The van der Waals surface area contributed by atoms with E-state index in [1.165, 1.54) is 22.6 Å². The Balaban J connectivity index is 1.94. The third-order valence-corrected chi connectivity index (χ3v) is 5.63. The molecule has 1 aromatic rings. The van der Waals surface area contributed by atoms with Crippen LogP contribution >= 0.6 is 23.4 Å². The minimum absolute atomic E-state index is 0.215. The van der Waals surface area contributed by atoms with Crippen LogP contribution in [0, 0.1) is 5.41 Å². The molecular weight excluding hydrogens is 248 g/mol. The summed E-state index contributed by atoms with van der Waals surface area (Å²) >= 11 is 8.45. The highest BCUT2D eigenvalue weighted by atomic mass is 35.5. The van der Waals surface area contributed by atoms with Crippen molar-refractivity contribution in [1.29, 1.82) is 0 Å². The maximum Gasteiger partial charge on any atom is 0.0384 e. The molecule has 1 aliphatic rings. The highest BCUT2D eigenvalue weighted by Gasteiger charge is 2.26. The molecule has 0 aliphatic carbocycles. The van der Waals surface area contributed by atoms with Gasteiger partial charge in [0, 0.05) is 16.0 Å². The first-order chi connectivity index (χ1) is 7.98. The summed E-state index contributed by atoms with van der Waals surface area (Å²) in [6.45, 7) is 6.67. The predicted octanol–water partition coefficient (Wildman–Crippen LogP) is 5.31. The van der Waals surface area contributed by atoms with Crippen LogP contribution in [0.15, 0.2) is 29.2 Å². The molecule has 0 radical (unpaired) electrons. The number of fused-ring (bicyclic) bond motifs is 1. The maximum absolute atomic E-state index is 6.46. The number of hydrogen-bond donors (Lipinski definition) is 0. The van der Waals surface area contributed by atoms with E-state index in [1.807, 2.05) is 11.8 Å². The van der Waals surface area contributed by atoms with Gasteiger partial charge in [0.15, 0.2) is 0 Å². The zero-order valence-electron chi connectivity index (χ0n) is 10.9. The second-order valence-corrected chi connectivity index (χ2v) is 7.55. The Bertz CT molecular complexity index is 381. The van der Waals surface area contributed by atoms with Crippen LogP contribution in [0.2, 0.25) is 0 Å². The van der Waals surface area contributed by atoms with Crippen molar-refractivity contribution in [2.75, 3.05) is 5.75 Å². The Morgan fingerprint density at radius 1 is 1.35 bits per heavy atom. The van der Waals surface area contributed by atoms with Gasteiger partial charge in [0.2, 0.25) is 0 Å². The molecule has 0 bridgehead atoms. The fourth-order valence-electron chi connectivity index (χ4n) is 2.25. The molecule has 0 saturated carbocycles. The molecule has 0 N–H and O–H groups in total. The third-order valence-electron chi connectivity index (χ3n) is 3.51. The van der Waals surface area contributed by atoms with Gasteiger partial charge in [-0.3, -0.25) is 0 Å². The van der Waals surface area contributed by atoms with E-state index in [9.17, 15) is 0 Å². The average molecular weight is 269 g/mol. The van der Waals surface area contributed by atoms with Crippen molar-refractivity contribution in [3.63, 3.8) is 0 Å². The Morgan fingerprint density at radius 2 is 2.06 bits per heavy atom. The summed E-state index contributed by atoms with van der Waals surface area (Å²) in [5, 5.41) is 0.278. The lowest BCUT2D eigenvalue weighted by atomic mass is 9.86. The van der Waals surface area contributed by atoms with Crippen LogP contribution in [0.4, 0.5) is 0 Å². The van der Waals surface area contributed by atoms with Gasteiger partial charge < -0.3 is 0 Å². The van der Waals surface area contributed by atoms with Gasteiger partial charge in [-0.1, -0.05) is 39.0 Å². The van der Waals surface area contributed by atoms with E-state index in [1.54, 1.807) is 0 Å². The SMILES string of the molecule is CC(C)(C)C(Cl)CCC1CSc2ccccc21. The average Bonchev–Trinajstić information content (AvgIpc) is 2.68. The minimum Gasteiger partial charge on any atom is -0.125 e. The van der Waals surface area contributed by atoms with Crippen LogP contribution in [0.1, 0.15) is 45.1 Å². The predicted molar refractivity (Wildman–Crippen MR) is 78.2 cm³/mol. The zero-order chi connectivity index (χ0) is 12.5. The maximum atomic E-state index is 6.46. The second-order valence-electron chi connectivity index (χ2n) is 5.96. The molecule has 0 nitrogen and oxygen atoms in total. The van der Waals surface area contributed by atoms with Crippen molar-refractivity contribution in [3.8, 4) is 0 Å². The Kier molecular flexibility index (Phi) is 4.10. The van der Waals surface area contributed by atoms with Crippen molar-refractivity contribution < 1.29 is 0 Å². The Labute approximate surface area is 114 Å². The van der Waals surface area contributed by atoms with Crippen LogP contribution in [0.3, 0.4) is 0 Å². The van der Waals surface area contributed by atoms with E-state index in [2.05, 4.69) is 45.0 Å². The van der Waals surface area contributed by atoms with Gasteiger partial charge in [-0.15, -0.1) is 23.4 Å².